The van der Waals surface area contributed by atoms with Gasteiger partial charge >= 0.3 is 0 Å². The predicted octanol–water partition coefficient (Wildman–Crippen LogP) is 3.92. The molecule has 2 rings (SSSR count). The second-order valence-corrected chi connectivity index (χ2v) is 7.35. The Kier molecular flexibility index (Phi) is 10.0. The molecule has 1 aliphatic heterocycles. The molecule has 0 spiro atoms. The van der Waals surface area contributed by atoms with Crippen molar-refractivity contribution < 1.29 is 9.53 Å². The molecule has 0 aromatic heterocycles. The second-order valence-electron chi connectivity index (χ2n) is 7.35. The highest BCUT2D eigenvalue weighted by Gasteiger charge is 2.25. The lowest BCUT2D eigenvalue weighted by Gasteiger charge is -2.33. The molecule has 2 N–H and O–H groups in total. The van der Waals surface area contributed by atoms with Crippen molar-refractivity contribution in [1.29, 1.82) is 5.41 Å². The minimum atomic E-state index is 0.108. The van der Waals surface area contributed by atoms with Crippen LogP contribution in [-0.4, -0.2) is 56.0 Å². The van der Waals surface area contributed by atoms with Crippen molar-refractivity contribution in [2.75, 3.05) is 33.3 Å². The number of likely N-dealkylation sites (tertiary alicyclic amines) is 1. The molecule has 6 heteroatoms. The van der Waals surface area contributed by atoms with Gasteiger partial charge < -0.3 is 20.4 Å². The van der Waals surface area contributed by atoms with E-state index >= 15 is 0 Å². The molecule has 0 saturated carbocycles. The third-order valence-corrected chi connectivity index (χ3v) is 5.30. The number of allylic oxidation sites excluding steroid dienone is 1. The van der Waals surface area contributed by atoms with Crippen LogP contribution in [0.5, 0.6) is 0 Å². The first kappa shape index (κ1) is 23.5. The molecule has 1 aromatic carbocycles. The Morgan fingerprint density at radius 2 is 2.13 bits per heavy atom. The maximum absolute atomic E-state index is 12.9. The third kappa shape index (κ3) is 6.95. The SMILES string of the molecule is C=C/C=N\C(OC)=C(/CNCC)C(=N)CCC(=O)N1CCC[C@H](c2ccccc2)C1. The van der Waals surface area contributed by atoms with E-state index in [1.807, 2.05) is 17.9 Å². The fourth-order valence-corrected chi connectivity index (χ4v) is 3.68. The maximum atomic E-state index is 12.9. The quantitative estimate of drug-likeness (QED) is 0.429. The molecule has 0 aliphatic carbocycles. The molecule has 1 heterocycles. The van der Waals surface area contributed by atoms with Crippen LogP contribution in [0.15, 0.2) is 59.4 Å². The number of ether oxygens (including phenoxy) is 1. The Labute approximate surface area is 180 Å². The highest BCUT2D eigenvalue weighted by Crippen LogP contribution is 2.27. The first-order valence-electron chi connectivity index (χ1n) is 10.6. The van der Waals surface area contributed by atoms with Crippen molar-refractivity contribution in [3.05, 3.63) is 60.0 Å². The van der Waals surface area contributed by atoms with Crippen LogP contribution in [0.1, 0.15) is 44.1 Å². The second kappa shape index (κ2) is 12.8. The summed E-state index contributed by atoms with van der Waals surface area (Å²) in [6.45, 7) is 8.42. The molecular weight excluding hydrogens is 376 g/mol. The lowest BCUT2D eigenvalue weighted by molar-refractivity contribution is -0.132. The van der Waals surface area contributed by atoms with Crippen LogP contribution < -0.4 is 5.32 Å². The molecule has 1 aliphatic rings. The van der Waals surface area contributed by atoms with Gasteiger partial charge in [-0.15, -0.1) is 0 Å². The number of aliphatic imine (C=N–C) groups is 1. The molecule has 30 heavy (non-hydrogen) atoms. The van der Waals surface area contributed by atoms with E-state index in [9.17, 15) is 4.79 Å². The van der Waals surface area contributed by atoms with E-state index in [0.29, 0.717) is 42.5 Å². The highest BCUT2D eigenvalue weighted by atomic mass is 16.5. The van der Waals surface area contributed by atoms with Gasteiger partial charge in [0.2, 0.25) is 11.8 Å². The van der Waals surface area contributed by atoms with Gasteiger partial charge in [-0.1, -0.05) is 49.9 Å². The fraction of sp³-hybridized carbons (Fsp3) is 0.458. The van der Waals surface area contributed by atoms with E-state index in [1.165, 1.54) is 12.7 Å². The zero-order valence-corrected chi connectivity index (χ0v) is 18.2. The summed E-state index contributed by atoms with van der Waals surface area (Å²) >= 11 is 0. The van der Waals surface area contributed by atoms with Gasteiger partial charge in [0.05, 0.1) is 7.11 Å². The largest absolute Gasteiger partial charge is 0.481 e. The van der Waals surface area contributed by atoms with Crippen LogP contribution in [0.3, 0.4) is 0 Å². The number of carbonyl (C=O) groups excluding carboxylic acids is 1. The number of hydrogen-bond donors (Lipinski definition) is 2. The number of piperidine rings is 1. The molecule has 1 fully saturated rings. The molecule has 6 nitrogen and oxygen atoms in total. The van der Waals surface area contributed by atoms with Crippen LogP contribution in [-0.2, 0) is 9.53 Å². The number of amides is 1. The minimum Gasteiger partial charge on any atom is -0.481 e. The zero-order valence-electron chi connectivity index (χ0n) is 18.2. The first-order chi connectivity index (χ1) is 14.6. The molecule has 1 amide bonds. The number of methoxy groups -OCH3 is 1. The van der Waals surface area contributed by atoms with Crippen molar-refractivity contribution in [2.24, 2.45) is 4.99 Å². The van der Waals surface area contributed by atoms with Crippen LogP contribution in [0, 0.1) is 5.41 Å². The Bertz CT molecular complexity index is 771. The summed E-state index contributed by atoms with van der Waals surface area (Å²) < 4.78 is 5.38. The van der Waals surface area contributed by atoms with Crippen molar-refractivity contribution in [3.63, 3.8) is 0 Å². The number of rotatable bonds is 11. The van der Waals surface area contributed by atoms with Gasteiger partial charge in [0.1, 0.15) is 0 Å². The van der Waals surface area contributed by atoms with E-state index in [2.05, 4.69) is 41.2 Å². The van der Waals surface area contributed by atoms with Gasteiger partial charge in [-0.05, 0) is 31.4 Å². The standard InChI is InChI=1S/C24H34N4O2/c1-4-15-27-24(30-3)21(17-26-5-2)22(25)13-14-23(29)28-16-9-12-20(18-28)19-10-7-6-8-11-19/h4,6-8,10-11,15,20,25-26H,1,5,9,12-14,16-18H2,2-3H3/b24-21-,25-22?,27-15-/t20-/m0/s1. The zero-order chi connectivity index (χ0) is 21.8. The molecule has 162 valence electrons. The fourth-order valence-electron chi connectivity index (χ4n) is 3.68. The number of nitrogens with zero attached hydrogens (tertiary/aromatic N) is 2. The summed E-state index contributed by atoms with van der Waals surface area (Å²) in [4.78, 5) is 19.0. The van der Waals surface area contributed by atoms with Gasteiger partial charge in [0.15, 0.2) is 0 Å². The molecule has 0 bridgehead atoms. The Morgan fingerprint density at radius 3 is 2.80 bits per heavy atom. The van der Waals surface area contributed by atoms with Crippen molar-refractivity contribution >= 4 is 17.8 Å². The number of carbonyl (C=O) groups is 1. The normalized spacial score (nSPS) is 17.5. The summed E-state index contributed by atoms with van der Waals surface area (Å²) in [5.74, 6) is 0.882. The number of likely N-dealkylation sites (N-methyl/N-ethyl adjacent to an activating group) is 1. The first-order valence-corrected chi connectivity index (χ1v) is 10.6. The summed E-state index contributed by atoms with van der Waals surface area (Å²) in [5, 5.41) is 11.7. The Balaban J connectivity index is 2.00. The smallest absolute Gasteiger partial charge is 0.222 e. The van der Waals surface area contributed by atoms with Gasteiger partial charge in [-0.3, -0.25) is 4.79 Å². The third-order valence-electron chi connectivity index (χ3n) is 5.30. The van der Waals surface area contributed by atoms with Gasteiger partial charge in [0, 0.05) is 49.5 Å². The summed E-state index contributed by atoms with van der Waals surface area (Å²) in [6.07, 6.45) is 5.91. The Morgan fingerprint density at radius 1 is 1.37 bits per heavy atom. The number of nitrogens with one attached hydrogen (secondary N) is 2. The van der Waals surface area contributed by atoms with Crippen LogP contribution in [0.4, 0.5) is 0 Å². The lowest BCUT2D eigenvalue weighted by Crippen LogP contribution is -2.39. The molecular formula is C24H34N4O2. The van der Waals surface area contributed by atoms with Gasteiger partial charge in [-0.25, -0.2) is 4.99 Å². The summed E-state index contributed by atoms with van der Waals surface area (Å²) in [5.41, 5.74) is 2.34. The molecule has 0 radical (unpaired) electrons. The van der Waals surface area contributed by atoms with Crippen LogP contribution in [0.2, 0.25) is 0 Å². The van der Waals surface area contributed by atoms with E-state index in [0.717, 1.165) is 32.5 Å². The number of hydrogen-bond acceptors (Lipinski definition) is 5. The van der Waals surface area contributed by atoms with E-state index in [1.54, 1.807) is 12.3 Å². The average Bonchev–Trinajstić information content (AvgIpc) is 2.80. The van der Waals surface area contributed by atoms with E-state index in [-0.39, 0.29) is 5.91 Å². The van der Waals surface area contributed by atoms with Crippen LogP contribution in [0.25, 0.3) is 0 Å². The minimum absolute atomic E-state index is 0.108. The highest BCUT2D eigenvalue weighted by molar-refractivity contribution is 6.00. The topological polar surface area (TPSA) is 77.8 Å². The van der Waals surface area contributed by atoms with Gasteiger partial charge in [0.25, 0.3) is 0 Å². The van der Waals surface area contributed by atoms with Crippen molar-refractivity contribution in [1.82, 2.24) is 10.2 Å². The Hall–Kier alpha value is -2.73. The monoisotopic (exact) mass is 410 g/mol. The van der Waals surface area contributed by atoms with Crippen molar-refractivity contribution in [3.8, 4) is 0 Å². The molecule has 1 aromatic rings. The van der Waals surface area contributed by atoms with E-state index < -0.39 is 0 Å². The predicted molar refractivity (Wildman–Crippen MR) is 123 cm³/mol. The maximum Gasteiger partial charge on any atom is 0.222 e. The molecule has 1 atom stereocenters. The lowest BCUT2D eigenvalue weighted by atomic mass is 9.90. The summed E-state index contributed by atoms with van der Waals surface area (Å²) in [6, 6.07) is 10.4. The van der Waals surface area contributed by atoms with Crippen molar-refractivity contribution in [2.45, 2.75) is 38.5 Å². The van der Waals surface area contributed by atoms with E-state index in [4.69, 9.17) is 10.1 Å². The molecule has 1 saturated heterocycles. The summed E-state index contributed by atoms with van der Waals surface area (Å²) in [7, 11) is 1.54. The molecule has 0 unspecified atom stereocenters. The van der Waals surface area contributed by atoms with Crippen LogP contribution >= 0.6 is 0 Å². The number of benzene rings is 1. The van der Waals surface area contributed by atoms with Gasteiger partial charge in [-0.2, -0.15) is 0 Å². The average molecular weight is 411 g/mol.